The zero-order valence-electron chi connectivity index (χ0n) is 42.7. The molecule has 3 saturated heterocycles. The van der Waals surface area contributed by atoms with Gasteiger partial charge in [0.1, 0.15) is 30.0 Å². The van der Waals surface area contributed by atoms with Crippen molar-refractivity contribution in [3.8, 4) is 0 Å². The van der Waals surface area contributed by atoms with Crippen LogP contribution in [-0.4, -0.2) is 152 Å². The molecule has 3 heterocycles. The molecule has 0 spiro atoms. The highest BCUT2D eigenvalue weighted by Gasteiger charge is 2.77. The van der Waals surface area contributed by atoms with Crippen LogP contribution in [0.25, 0.3) is 0 Å². The van der Waals surface area contributed by atoms with Crippen LogP contribution in [0, 0.1) is 16.7 Å². The van der Waals surface area contributed by atoms with E-state index in [2.05, 4.69) is 0 Å². The number of hydrogen-bond donors (Lipinski definition) is 3. The number of aliphatic hydroxyl groups is 2. The van der Waals surface area contributed by atoms with Crippen molar-refractivity contribution in [1.29, 1.82) is 0 Å². The van der Waals surface area contributed by atoms with Gasteiger partial charge in [-0.15, -0.1) is 0 Å². The molecule has 20 heteroatoms. The van der Waals surface area contributed by atoms with Crippen molar-refractivity contribution < 1.29 is 80.1 Å². The number of alkyl halides is 3. The summed E-state index contributed by atoms with van der Waals surface area (Å²) in [7, 11) is -3.37. The van der Waals surface area contributed by atoms with Crippen molar-refractivity contribution >= 4 is 32.3 Å². The monoisotopic (exact) mass is 1010 g/mol. The number of hydrogen-bond acceptors (Lipinski definition) is 15. The Balaban J connectivity index is 1.44. The lowest BCUT2D eigenvalue weighted by Crippen LogP contribution is -2.79. The van der Waals surface area contributed by atoms with E-state index >= 15 is 18.0 Å². The molecule has 3 aliphatic heterocycles. The van der Waals surface area contributed by atoms with Crippen molar-refractivity contribution in [1.82, 2.24) is 10.2 Å². The number of ether oxygens (including phenoxy) is 7. The third kappa shape index (κ3) is 9.23. The van der Waals surface area contributed by atoms with E-state index in [1.165, 1.54) is 20.8 Å². The molecule has 1 aromatic rings. The highest BCUT2D eigenvalue weighted by atomic mass is 28.4. The molecular weight excluding hydrogens is 938 g/mol. The highest BCUT2D eigenvalue weighted by Crippen LogP contribution is 2.67. The summed E-state index contributed by atoms with van der Waals surface area (Å²) in [5.41, 5.74) is -8.42. The van der Waals surface area contributed by atoms with E-state index in [9.17, 15) is 24.6 Å². The Kier molecular flexibility index (Phi) is 14.5. The number of halogens is 3. The minimum absolute atomic E-state index is 0.0841. The molecule has 0 radical (unpaired) electrons. The van der Waals surface area contributed by atoms with Gasteiger partial charge in [0.05, 0.1) is 36.9 Å². The molecule has 13 atom stereocenters. The number of nitrogens with one attached hydrogen (secondary N) is 1. The maximum absolute atomic E-state index is 15.6. The van der Waals surface area contributed by atoms with E-state index < -0.39 is 132 Å². The Morgan fingerprint density at radius 1 is 1.00 bits per heavy atom. The molecule has 392 valence electrons. The molecular formula is C50H73F3N2O14Si. The summed E-state index contributed by atoms with van der Waals surface area (Å²) in [5, 5.41) is 25.4. The molecule has 0 unspecified atom stereocenters. The predicted octanol–water partition coefficient (Wildman–Crippen LogP) is 6.75. The van der Waals surface area contributed by atoms with E-state index in [-0.39, 0.29) is 31.4 Å². The number of aliphatic hydroxyl groups excluding tert-OH is 1. The number of alkyl carbamates (subject to hydrolysis) is 1. The maximum atomic E-state index is 15.6. The molecule has 1 aromatic carbocycles. The fraction of sp³-hybridized carbons (Fsp3) is 0.760. The summed E-state index contributed by atoms with van der Waals surface area (Å²) in [5.74, 6) is -4.06. The SMILES string of the molecule is CC(=O)O[C@@]12CO[C@@H]1CC[C@@]1(C)[C@@H]3O[C@H](CN4CC[C@H]4CO)O[C@@H]3C3=C(C)[C@@H](OC(=O)[C@](C)(O[Si](C)(C)C(C)(C)C)[C@@H](NC(=O)OC(C)C)C(F)(F)F)C[C@@](O)([C@@H](OC(=O)c4ccccc4)[C@@H]12)C3(C)C. The lowest BCUT2D eigenvalue weighted by atomic mass is 9.45. The molecule has 0 aromatic heterocycles. The Hall–Kier alpha value is -3.63. The summed E-state index contributed by atoms with van der Waals surface area (Å²) in [6, 6.07) is 5.00. The smallest absolute Gasteiger partial charge is 0.412 e. The molecule has 7 rings (SSSR count). The van der Waals surface area contributed by atoms with Gasteiger partial charge >= 0.3 is 30.2 Å². The maximum Gasteiger partial charge on any atom is 0.412 e. The molecule has 3 aliphatic carbocycles. The van der Waals surface area contributed by atoms with Crippen LogP contribution in [0.15, 0.2) is 41.5 Å². The van der Waals surface area contributed by atoms with E-state index in [1.54, 1.807) is 85.0 Å². The second-order valence-corrected chi connectivity index (χ2v) is 27.7. The van der Waals surface area contributed by atoms with Gasteiger partial charge in [-0.25, -0.2) is 14.4 Å². The molecule has 5 fully saturated rings. The number of carbonyl (C=O) groups is 4. The van der Waals surface area contributed by atoms with Gasteiger partial charge in [0, 0.05) is 43.3 Å². The van der Waals surface area contributed by atoms with Crippen LogP contribution in [-0.2, 0) is 47.2 Å². The number of carbonyl (C=O) groups excluding carboxylic acids is 4. The van der Waals surface area contributed by atoms with E-state index in [1.807, 2.05) is 17.1 Å². The van der Waals surface area contributed by atoms with Crippen LogP contribution in [0.1, 0.15) is 112 Å². The first-order valence-electron chi connectivity index (χ1n) is 24.4. The van der Waals surface area contributed by atoms with Gasteiger partial charge in [-0.3, -0.25) is 9.69 Å². The second-order valence-electron chi connectivity index (χ2n) is 23.0. The normalized spacial score (nSPS) is 35.2. The van der Waals surface area contributed by atoms with E-state index in [4.69, 9.17) is 37.6 Å². The summed E-state index contributed by atoms with van der Waals surface area (Å²) < 4.78 is 97.8. The van der Waals surface area contributed by atoms with Crippen LogP contribution in [0.4, 0.5) is 18.0 Å². The Morgan fingerprint density at radius 2 is 1.66 bits per heavy atom. The first kappa shape index (κ1) is 54.1. The molecule has 1 amide bonds. The van der Waals surface area contributed by atoms with Crippen LogP contribution >= 0.6 is 0 Å². The number of amides is 1. The first-order valence-corrected chi connectivity index (χ1v) is 27.3. The third-order valence-electron chi connectivity index (χ3n) is 16.8. The molecule has 6 aliphatic rings. The van der Waals surface area contributed by atoms with Crippen molar-refractivity contribution in [2.24, 2.45) is 16.7 Å². The lowest BCUT2D eigenvalue weighted by molar-refractivity contribution is -0.345. The summed E-state index contributed by atoms with van der Waals surface area (Å²) in [4.78, 5) is 58.3. The zero-order chi connectivity index (χ0) is 51.9. The van der Waals surface area contributed by atoms with Gasteiger partial charge in [-0.2, -0.15) is 13.2 Å². The van der Waals surface area contributed by atoms with Crippen LogP contribution in [0.5, 0.6) is 0 Å². The third-order valence-corrected chi connectivity index (χ3v) is 21.4. The van der Waals surface area contributed by atoms with Crippen molar-refractivity contribution in [3.05, 3.63) is 47.0 Å². The van der Waals surface area contributed by atoms with Gasteiger partial charge in [0.25, 0.3) is 0 Å². The number of benzene rings is 1. The van der Waals surface area contributed by atoms with E-state index in [0.717, 1.165) is 13.3 Å². The largest absolute Gasteiger partial charge is 0.456 e. The van der Waals surface area contributed by atoms with Crippen LogP contribution in [0.2, 0.25) is 18.1 Å². The van der Waals surface area contributed by atoms with Gasteiger partial charge < -0.3 is 53.1 Å². The Labute approximate surface area is 409 Å². The van der Waals surface area contributed by atoms with Gasteiger partial charge in [0.15, 0.2) is 31.9 Å². The van der Waals surface area contributed by atoms with Gasteiger partial charge in [-0.1, -0.05) is 59.7 Å². The highest BCUT2D eigenvalue weighted by molar-refractivity contribution is 6.74. The fourth-order valence-corrected chi connectivity index (χ4v) is 13.5. The number of esters is 3. The summed E-state index contributed by atoms with van der Waals surface area (Å²) in [6.07, 6.45) is -13.3. The van der Waals surface area contributed by atoms with Crippen LogP contribution < -0.4 is 5.32 Å². The Bertz CT molecular complexity index is 2200. The number of fused-ring (bicyclic) bond motifs is 8. The minimum atomic E-state index is -5.30. The quantitative estimate of drug-likeness (QED) is 0.0811. The number of likely N-dealkylation sites (tertiary alicyclic amines) is 1. The molecule has 2 bridgehead atoms. The summed E-state index contributed by atoms with van der Waals surface area (Å²) in [6.45, 7) is 21.6. The minimum Gasteiger partial charge on any atom is -0.456 e. The van der Waals surface area contributed by atoms with Crippen LogP contribution in [0.3, 0.4) is 0 Å². The first-order chi connectivity index (χ1) is 32.3. The number of nitrogens with zero attached hydrogens (tertiary/aromatic N) is 1. The lowest BCUT2D eigenvalue weighted by Gasteiger charge is -2.68. The Morgan fingerprint density at radius 3 is 2.19 bits per heavy atom. The van der Waals surface area contributed by atoms with Crippen molar-refractivity contribution in [2.75, 3.05) is 26.3 Å². The average Bonchev–Trinajstić information content (AvgIpc) is 3.64. The van der Waals surface area contributed by atoms with E-state index in [0.29, 0.717) is 30.5 Å². The molecule has 3 N–H and O–H groups in total. The topological polar surface area (TPSA) is 198 Å². The zero-order valence-corrected chi connectivity index (χ0v) is 43.7. The van der Waals surface area contributed by atoms with Crippen molar-refractivity contribution in [3.63, 3.8) is 0 Å². The standard InChI is InChI=1S/C50H73F3N2O14Si/c1-27(2)63-43(60)54-41(50(51,52)53)47(11,69-70(12,13)44(5,6)7)42(59)64-32-23-49(61)39(67-40(58)30-17-15-14-16-18-30)37-46(10,21-19-33-48(37,26-62-33)68-29(4)57)38-36(35(28(32)3)45(49,8)9)65-34(66-38)24-55-22-20-31(55)25-56/h14-18,27,31-34,36-39,41,56,61H,19-26H2,1-13H3,(H,54,60)/t31-,32-,33+,34+,36+,37-,38+,39-,41+,46+,47+,48-,49+/m0/s1. The second kappa shape index (κ2) is 18.7. The molecule has 16 nitrogen and oxygen atoms in total. The molecule has 70 heavy (non-hydrogen) atoms. The van der Waals surface area contributed by atoms with Gasteiger partial charge in [-0.05, 0) is 88.4 Å². The fourth-order valence-electron chi connectivity index (χ4n) is 11.9. The number of rotatable bonds is 13. The van der Waals surface area contributed by atoms with Crippen molar-refractivity contribution in [2.45, 2.75) is 198 Å². The predicted molar refractivity (Wildman–Crippen MR) is 249 cm³/mol. The van der Waals surface area contributed by atoms with Gasteiger partial charge in [0.2, 0.25) is 0 Å². The summed E-state index contributed by atoms with van der Waals surface area (Å²) >= 11 is 0. The average molecular weight is 1010 g/mol. The molecule has 2 saturated carbocycles.